The van der Waals surface area contributed by atoms with Crippen LogP contribution in [0.15, 0.2) is 0 Å². The molecule has 0 bridgehead atoms. The second-order valence-electron chi connectivity index (χ2n) is 11.2. The van der Waals surface area contributed by atoms with Crippen molar-refractivity contribution >= 4 is 17.7 Å². The molecule has 0 saturated heterocycles. The van der Waals surface area contributed by atoms with Gasteiger partial charge >= 0.3 is 7.82 Å². The molecule has 0 radical (unpaired) electrons. The highest BCUT2D eigenvalue weighted by Gasteiger charge is 2.42. The minimum absolute atomic E-state index is 0.0152. The Balaban J connectivity index is 4.86. The van der Waals surface area contributed by atoms with E-state index >= 15 is 0 Å². The SMILES string of the molecule is CCCCCCCCCCCCCC(CC)S(=O)(=O)C(OP(=O)(O)OCC[N+](C)(C)C)C(C)COC. The van der Waals surface area contributed by atoms with Crippen molar-refractivity contribution in [2.45, 2.75) is 115 Å². The van der Waals surface area contributed by atoms with Gasteiger partial charge in [-0.2, -0.15) is 0 Å². The monoisotopic (exact) mass is 558 g/mol. The van der Waals surface area contributed by atoms with Gasteiger partial charge in [-0.05, 0) is 12.8 Å². The molecule has 0 aliphatic rings. The molecule has 0 aromatic carbocycles. The first-order chi connectivity index (χ1) is 16.8. The zero-order chi connectivity index (χ0) is 27.7. The number of phosphoric acid groups is 1. The zero-order valence-corrected chi connectivity index (χ0v) is 26.0. The van der Waals surface area contributed by atoms with E-state index in [0.29, 0.717) is 23.9 Å². The molecular formula is C26H57NO7PS+. The molecule has 1 N–H and O–H groups in total. The van der Waals surface area contributed by atoms with E-state index in [0.717, 1.165) is 19.3 Å². The average molecular weight is 559 g/mol. The molecule has 0 aliphatic carbocycles. The summed E-state index contributed by atoms with van der Waals surface area (Å²) in [6, 6.07) is 0. The van der Waals surface area contributed by atoms with E-state index in [1.54, 1.807) is 6.92 Å². The van der Waals surface area contributed by atoms with Crippen LogP contribution in [0.25, 0.3) is 0 Å². The van der Waals surface area contributed by atoms with Gasteiger partial charge < -0.3 is 14.1 Å². The number of phosphoric ester groups is 1. The molecule has 0 heterocycles. The number of rotatable bonds is 24. The molecule has 0 rings (SSSR count). The van der Waals surface area contributed by atoms with E-state index in [-0.39, 0.29) is 13.2 Å². The first-order valence-electron chi connectivity index (χ1n) is 14.0. The van der Waals surface area contributed by atoms with Gasteiger partial charge in [0.2, 0.25) is 0 Å². The van der Waals surface area contributed by atoms with E-state index in [1.807, 2.05) is 28.1 Å². The first kappa shape index (κ1) is 36.0. The number of hydrogen-bond donors (Lipinski definition) is 1. The minimum Gasteiger partial charge on any atom is -0.384 e. The molecule has 8 nitrogen and oxygen atoms in total. The third kappa shape index (κ3) is 16.7. The van der Waals surface area contributed by atoms with Gasteiger partial charge in [0.1, 0.15) is 13.2 Å². The number of quaternary nitrogens is 1. The number of unbranched alkanes of at least 4 members (excludes halogenated alkanes) is 10. The van der Waals surface area contributed by atoms with Crippen LogP contribution in [-0.2, 0) is 28.2 Å². The summed E-state index contributed by atoms with van der Waals surface area (Å²) >= 11 is 0. The number of sulfone groups is 1. The van der Waals surface area contributed by atoms with E-state index in [9.17, 15) is 17.9 Å². The minimum atomic E-state index is -4.56. The predicted molar refractivity (Wildman–Crippen MR) is 149 cm³/mol. The van der Waals surface area contributed by atoms with E-state index in [1.165, 1.54) is 58.5 Å². The molecule has 0 aromatic rings. The van der Waals surface area contributed by atoms with Gasteiger partial charge in [0.15, 0.2) is 15.3 Å². The third-order valence-corrected chi connectivity index (χ3v) is 10.4. The number of methoxy groups -OCH3 is 1. The Hall–Kier alpha value is -0.0200. The second-order valence-corrected chi connectivity index (χ2v) is 14.9. The van der Waals surface area contributed by atoms with Crippen molar-refractivity contribution in [3.05, 3.63) is 0 Å². The molecule has 0 fully saturated rings. The number of nitrogens with zero attached hydrogens (tertiary/aromatic N) is 1. The summed E-state index contributed by atoms with van der Waals surface area (Å²) in [7, 11) is -1.15. The van der Waals surface area contributed by atoms with Gasteiger partial charge in [-0.15, -0.1) is 0 Å². The molecule has 0 saturated carbocycles. The zero-order valence-electron chi connectivity index (χ0n) is 24.2. The van der Waals surface area contributed by atoms with Gasteiger partial charge in [0, 0.05) is 13.0 Å². The Morgan fingerprint density at radius 3 is 1.83 bits per heavy atom. The lowest BCUT2D eigenvalue weighted by Gasteiger charge is -2.29. The van der Waals surface area contributed by atoms with Gasteiger partial charge in [0.05, 0.1) is 33.0 Å². The van der Waals surface area contributed by atoms with E-state index in [4.69, 9.17) is 13.8 Å². The summed E-state index contributed by atoms with van der Waals surface area (Å²) in [4.78, 5) is 10.3. The van der Waals surface area contributed by atoms with Crippen LogP contribution in [0.3, 0.4) is 0 Å². The fraction of sp³-hybridized carbons (Fsp3) is 1.00. The Morgan fingerprint density at radius 2 is 1.39 bits per heavy atom. The molecule has 4 atom stereocenters. The number of ether oxygens (including phenoxy) is 1. The Labute approximate surface area is 222 Å². The maximum Gasteiger partial charge on any atom is 0.473 e. The molecule has 10 heteroatoms. The fourth-order valence-corrected chi connectivity index (χ4v) is 7.96. The molecule has 0 aliphatic heterocycles. The van der Waals surface area contributed by atoms with Crippen LogP contribution >= 0.6 is 7.82 Å². The standard InChI is InChI=1S/C26H56NO7PS/c1-8-10-11-12-13-14-15-16-17-18-19-20-25(9-2)36(30,31)26(24(3)23-32-7)34-35(28,29)33-22-21-27(4,5)6/h24-26H,8-23H2,1-7H3/p+1. The van der Waals surface area contributed by atoms with Crippen LogP contribution in [0, 0.1) is 5.92 Å². The Bertz CT molecular complexity index is 697. The van der Waals surface area contributed by atoms with Crippen molar-refractivity contribution in [1.82, 2.24) is 0 Å². The second kappa shape index (κ2) is 19.1. The molecule has 36 heavy (non-hydrogen) atoms. The summed E-state index contributed by atoms with van der Waals surface area (Å²) in [5.41, 5.74) is -1.46. The summed E-state index contributed by atoms with van der Waals surface area (Å²) in [5, 5.41) is -0.633. The highest BCUT2D eigenvalue weighted by Crippen LogP contribution is 2.47. The first-order valence-corrected chi connectivity index (χ1v) is 17.1. The van der Waals surface area contributed by atoms with Crippen LogP contribution in [-0.4, -0.2) is 76.5 Å². The van der Waals surface area contributed by atoms with Crippen molar-refractivity contribution in [1.29, 1.82) is 0 Å². The van der Waals surface area contributed by atoms with Gasteiger partial charge in [-0.1, -0.05) is 91.4 Å². The summed E-state index contributed by atoms with van der Waals surface area (Å²) < 4.78 is 55.8. The smallest absolute Gasteiger partial charge is 0.384 e. The highest BCUT2D eigenvalue weighted by molar-refractivity contribution is 7.92. The van der Waals surface area contributed by atoms with E-state index in [2.05, 4.69) is 6.92 Å². The molecular weight excluding hydrogens is 501 g/mol. The van der Waals surface area contributed by atoms with Crippen LogP contribution in [0.4, 0.5) is 0 Å². The summed E-state index contributed by atoms with van der Waals surface area (Å²) in [6.07, 6.45) is 14.2. The predicted octanol–water partition coefficient (Wildman–Crippen LogP) is 6.33. The summed E-state index contributed by atoms with van der Waals surface area (Å²) in [5.74, 6) is -0.617. The fourth-order valence-electron chi connectivity index (χ4n) is 4.25. The van der Waals surface area contributed by atoms with Crippen LogP contribution < -0.4 is 0 Å². The van der Waals surface area contributed by atoms with Crippen molar-refractivity contribution in [2.75, 3.05) is 48.0 Å². The van der Waals surface area contributed by atoms with Crippen molar-refractivity contribution < 1.29 is 36.1 Å². The quantitative estimate of drug-likeness (QED) is 0.0839. The third-order valence-electron chi connectivity index (χ3n) is 6.52. The van der Waals surface area contributed by atoms with Crippen molar-refractivity contribution in [3.8, 4) is 0 Å². The van der Waals surface area contributed by atoms with Crippen molar-refractivity contribution in [2.24, 2.45) is 5.92 Å². The lowest BCUT2D eigenvalue weighted by Crippen LogP contribution is -2.40. The average Bonchev–Trinajstić information content (AvgIpc) is 2.77. The van der Waals surface area contributed by atoms with Crippen LogP contribution in [0.1, 0.15) is 104 Å². The molecule has 4 unspecified atom stereocenters. The number of likely N-dealkylation sites (N-methyl/N-ethyl adjacent to an activating group) is 1. The highest BCUT2D eigenvalue weighted by atomic mass is 32.2. The maximum absolute atomic E-state index is 13.5. The molecule has 0 aromatic heterocycles. The topological polar surface area (TPSA) is 99.1 Å². The normalized spacial score (nSPS) is 17.0. The lowest BCUT2D eigenvalue weighted by molar-refractivity contribution is -0.870. The number of hydrogen-bond acceptors (Lipinski definition) is 6. The largest absolute Gasteiger partial charge is 0.473 e. The Morgan fingerprint density at radius 1 is 0.889 bits per heavy atom. The van der Waals surface area contributed by atoms with Gasteiger partial charge in [0.25, 0.3) is 0 Å². The molecule has 0 spiro atoms. The maximum atomic E-state index is 13.5. The molecule has 0 amide bonds. The van der Waals surface area contributed by atoms with Gasteiger partial charge in [-0.3, -0.25) is 9.05 Å². The van der Waals surface area contributed by atoms with E-state index < -0.39 is 34.3 Å². The van der Waals surface area contributed by atoms with Gasteiger partial charge in [-0.25, -0.2) is 13.0 Å². The van der Waals surface area contributed by atoms with Crippen LogP contribution in [0.5, 0.6) is 0 Å². The van der Waals surface area contributed by atoms with Crippen molar-refractivity contribution in [3.63, 3.8) is 0 Å². The van der Waals surface area contributed by atoms with Crippen LogP contribution in [0.2, 0.25) is 0 Å². The Kier molecular flexibility index (Phi) is 19.1. The molecule has 218 valence electrons. The summed E-state index contributed by atoms with van der Waals surface area (Å²) in [6.45, 7) is 6.29. The lowest BCUT2D eigenvalue weighted by atomic mass is 10.0.